The molecule has 1 atom stereocenters. The first-order valence-corrected chi connectivity index (χ1v) is 6.98. The van der Waals surface area contributed by atoms with Gasteiger partial charge in [0.05, 0.1) is 0 Å². The maximum Gasteiger partial charge on any atom is 0.0330 e. The molecule has 1 rings (SSSR count). The predicted octanol–water partition coefficient (Wildman–Crippen LogP) is 1.79. The molecule has 0 aromatic carbocycles. The molecule has 0 amide bonds. The lowest BCUT2D eigenvalue weighted by atomic mass is 9.75. The van der Waals surface area contributed by atoms with Crippen LogP contribution in [0.5, 0.6) is 0 Å². The lowest BCUT2D eigenvalue weighted by Crippen LogP contribution is -2.58. The Morgan fingerprint density at radius 2 is 1.71 bits per heavy atom. The summed E-state index contributed by atoms with van der Waals surface area (Å²) in [5.41, 5.74) is 0.445. The zero-order valence-electron chi connectivity index (χ0n) is 12.6. The Morgan fingerprint density at radius 3 is 2.06 bits per heavy atom. The molecule has 1 unspecified atom stereocenters. The normalized spacial score (nSPS) is 21.0. The Morgan fingerprint density at radius 1 is 1.12 bits per heavy atom. The average molecular weight is 241 g/mol. The molecule has 102 valence electrons. The molecule has 0 spiro atoms. The first kappa shape index (κ1) is 14.9. The minimum absolute atomic E-state index is 0.445. The average Bonchev–Trinajstić information content (AvgIpc) is 2.18. The summed E-state index contributed by atoms with van der Waals surface area (Å²) in [7, 11) is 6.71. The fourth-order valence-corrected chi connectivity index (χ4v) is 2.51. The number of likely N-dealkylation sites (N-methyl/N-ethyl adjacent to an activating group) is 2. The van der Waals surface area contributed by atoms with Crippen molar-refractivity contribution in [3.05, 3.63) is 0 Å². The minimum atomic E-state index is 0.445. The van der Waals surface area contributed by atoms with Gasteiger partial charge in [0.2, 0.25) is 0 Å². The molecule has 17 heavy (non-hydrogen) atoms. The molecular formula is C14H31N3. The molecule has 1 fully saturated rings. The van der Waals surface area contributed by atoms with Gasteiger partial charge in [0.15, 0.2) is 0 Å². The first-order chi connectivity index (χ1) is 7.87. The molecule has 1 N–H and O–H groups in total. The van der Waals surface area contributed by atoms with Gasteiger partial charge in [0.25, 0.3) is 0 Å². The van der Waals surface area contributed by atoms with Gasteiger partial charge >= 0.3 is 0 Å². The molecule has 0 aromatic rings. The highest BCUT2D eigenvalue weighted by Crippen LogP contribution is 2.36. The fraction of sp³-hybridized carbons (Fsp3) is 1.00. The van der Waals surface area contributed by atoms with Crippen LogP contribution in [0.2, 0.25) is 0 Å². The largest absolute Gasteiger partial charge is 0.313 e. The number of nitrogens with zero attached hydrogens (tertiary/aromatic N) is 2. The van der Waals surface area contributed by atoms with Gasteiger partial charge in [-0.2, -0.15) is 0 Å². The van der Waals surface area contributed by atoms with Crippen molar-refractivity contribution < 1.29 is 0 Å². The second-order valence-corrected chi connectivity index (χ2v) is 6.30. The molecule has 0 bridgehead atoms. The van der Waals surface area contributed by atoms with Crippen LogP contribution in [0.3, 0.4) is 0 Å². The van der Waals surface area contributed by atoms with E-state index in [1.807, 2.05) is 0 Å². The van der Waals surface area contributed by atoms with E-state index in [0.29, 0.717) is 17.6 Å². The van der Waals surface area contributed by atoms with E-state index in [-0.39, 0.29) is 0 Å². The van der Waals surface area contributed by atoms with Crippen molar-refractivity contribution in [3.63, 3.8) is 0 Å². The highest BCUT2D eigenvalue weighted by atomic mass is 15.2. The summed E-state index contributed by atoms with van der Waals surface area (Å²) in [4.78, 5) is 4.93. The van der Waals surface area contributed by atoms with Crippen LogP contribution in [0.25, 0.3) is 0 Å². The molecule has 3 nitrogen and oxygen atoms in total. The highest BCUT2D eigenvalue weighted by Gasteiger charge is 2.40. The van der Waals surface area contributed by atoms with Crippen LogP contribution in [-0.4, -0.2) is 61.7 Å². The minimum Gasteiger partial charge on any atom is -0.313 e. The van der Waals surface area contributed by atoms with Gasteiger partial charge in [-0.05, 0) is 47.3 Å². The van der Waals surface area contributed by atoms with Gasteiger partial charge < -0.3 is 15.1 Å². The van der Waals surface area contributed by atoms with Gasteiger partial charge in [-0.25, -0.2) is 0 Å². The van der Waals surface area contributed by atoms with Gasteiger partial charge in [-0.15, -0.1) is 0 Å². The second-order valence-electron chi connectivity index (χ2n) is 6.30. The second kappa shape index (κ2) is 6.17. The lowest BCUT2D eigenvalue weighted by Gasteiger charge is -2.50. The summed E-state index contributed by atoms with van der Waals surface area (Å²) in [5.74, 6) is 0. The smallest absolute Gasteiger partial charge is 0.0330 e. The van der Waals surface area contributed by atoms with Gasteiger partial charge in [-0.1, -0.05) is 13.8 Å². The maximum absolute atomic E-state index is 3.52. The van der Waals surface area contributed by atoms with E-state index in [1.165, 1.54) is 25.8 Å². The Kier molecular flexibility index (Phi) is 5.42. The van der Waals surface area contributed by atoms with Crippen LogP contribution in [0, 0.1) is 0 Å². The van der Waals surface area contributed by atoms with Crippen molar-refractivity contribution in [1.29, 1.82) is 0 Å². The zero-order chi connectivity index (χ0) is 13.1. The Labute approximate surface area is 108 Å². The van der Waals surface area contributed by atoms with Crippen molar-refractivity contribution >= 4 is 0 Å². The topological polar surface area (TPSA) is 18.5 Å². The molecule has 0 aromatic heterocycles. The molecule has 1 aliphatic rings. The van der Waals surface area contributed by atoms with Crippen molar-refractivity contribution in [3.8, 4) is 0 Å². The summed E-state index contributed by atoms with van der Waals surface area (Å²) in [6.07, 6.45) is 4.11. The van der Waals surface area contributed by atoms with Crippen LogP contribution in [0.4, 0.5) is 0 Å². The quantitative estimate of drug-likeness (QED) is 0.733. The van der Waals surface area contributed by atoms with Crippen LogP contribution < -0.4 is 5.32 Å². The molecule has 0 aliphatic heterocycles. The van der Waals surface area contributed by atoms with E-state index in [0.717, 1.165) is 6.54 Å². The standard InChI is InChI=1S/C14H31N3/c1-12(2)15-10-13(3)17(6)11-14(16(4)5)8-7-9-14/h12-13,15H,7-11H2,1-6H3. The van der Waals surface area contributed by atoms with E-state index in [4.69, 9.17) is 0 Å². The van der Waals surface area contributed by atoms with Crippen LogP contribution in [0.1, 0.15) is 40.0 Å². The van der Waals surface area contributed by atoms with Gasteiger partial charge in [-0.3, -0.25) is 0 Å². The zero-order valence-corrected chi connectivity index (χ0v) is 12.6. The Bertz CT molecular complexity index is 222. The third-order valence-electron chi connectivity index (χ3n) is 4.35. The molecule has 0 radical (unpaired) electrons. The molecule has 1 saturated carbocycles. The van der Waals surface area contributed by atoms with Crippen LogP contribution in [-0.2, 0) is 0 Å². The summed E-state index contributed by atoms with van der Waals surface area (Å²) in [5, 5.41) is 3.52. The Balaban J connectivity index is 2.39. The van der Waals surface area contributed by atoms with Crippen molar-refractivity contribution in [2.45, 2.75) is 57.7 Å². The monoisotopic (exact) mass is 241 g/mol. The van der Waals surface area contributed by atoms with E-state index >= 15 is 0 Å². The summed E-state index contributed by atoms with van der Waals surface area (Å²) >= 11 is 0. The van der Waals surface area contributed by atoms with Crippen molar-refractivity contribution in [2.75, 3.05) is 34.2 Å². The molecule has 3 heteroatoms. The lowest BCUT2D eigenvalue weighted by molar-refractivity contribution is 0.0181. The first-order valence-electron chi connectivity index (χ1n) is 6.98. The molecule has 1 aliphatic carbocycles. The van der Waals surface area contributed by atoms with Crippen molar-refractivity contribution in [1.82, 2.24) is 15.1 Å². The van der Waals surface area contributed by atoms with Gasteiger partial charge in [0.1, 0.15) is 0 Å². The molecule has 0 saturated heterocycles. The third kappa shape index (κ3) is 3.94. The van der Waals surface area contributed by atoms with Crippen LogP contribution in [0.15, 0.2) is 0 Å². The molecular weight excluding hydrogens is 210 g/mol. The van der Waals surface area contributed by atoms with E-state index < -0.39 is 0 Å². The number of rotatable bonds is 7. The summed E-state index contributed by atoms with van der Waals surface area (Å²) in [6, 6.07) is 1.19. The number of hydrogen-bond donors (Lipinski definition) is 1. The maximum atomic E-state index is 3.52. The number of nitrogens with one attached hydrogen (secondary N) is 1. The van der Waals surface area contributed by atoms with Gasteiger partial charge in [0, 0.05) is 30.7 Å². The van der Waals surface area contributed by atoms with Crippen molar-refractivity contribution in [2.24, 2.45) is 0 Å². The van der Waals surface area contributed by atoms with Crippen LogP contribution >= 0.6 is 0 Å². The predicted molar refractivity (Wildman–Crippen MR) is 75.5 cm³/mol. The highest BCUT2D eigenvalue weighted by molar-refractivity contribution is 4.98. The Hall–Kier alpha value is -0.120. The van der Waals surface area contributed by atoms with E-state index in [1.54, 1.807) is 0 Å². The van der Waals surface area contributed by atoms with E-state index in [9.17, 15) is 0 Å². The summed E-state index contributed by atoms with van der Waals surface area (Å²) < 4.78 is 0. The number of hydrogen-bond acceptors (Lipinski definition) is 3. The third-order valence-corrected chi connectivity index (χ3v) is 4.35. The summed E-state index contributed by atoms with van der Waals surface area (Å²) in [6.45, 7) is 9.01. The molecule has 0 heterocycles. The van der Waals surface area contributed by atoms with E-state index in [2.05, 4.69) is 57.0 Å². The SMILES string of the molecule is CC(C)NCC(C)N(C)CC1(N(C)C)CCC1. The fourth-order valence-electron chi connectivity index (χ4n) is 2.51.